The van der Waals surface area contributed by atoms with Crippen LogP contribution in [0.15, 0.2) is 162 Å². The maximum absolute atomic E-state index is 9.67. The lowest BCUT2D eigenvalue weighted by atomic mass is 9.91. The first-order valence-corrected chi connectivity index (χ1v) is 12.7. The average molecular weight is 573 g/mol. The molecule has 0 amide bonds. The molecule has 9 rings (SSSR count). The SMILES string of the molecule is [2H]c1c([2H])c([2H])c(-c2c([2H])c([2H])c([2H])c3c2oc2c(-c4c([2H])c([2H])c([2H])c(-c5c([2H])c([2H])c6c7c([2H])c([2H])c([2H])c([2H])c7c7c([2H])c([2H])c([2H])c([2H])c7c6c5[2H])c4[2H])c([2H])c([2H])c([2H])c23)c([2H])c1[2H]. The molecule has 43 heavy (non-hydrogen) atoms. The monoisotopic (exact) mass is 572 g/mol. The maximum Gasteiger partial charge on any atom is 0.143 e. The second kappa shape index (κ2) is 9.44. The van der Waals surface area contributed by atoms with Gasteiger partial charge in [-0.2, -0.15) is 0 Å². The third kappa shape index (κ3) is 3.72. The molecule has 1 heterocycles. The Balaban J connectivity index is 1.50. The van der Waals surface area contributed by atoms with Crippen LogP contribution in [0, 0.1) is 0 Å². The zero-order chi connectivity index (χ0) is 51.0. The molecule has 200 valence electrons. The Morgan fingerprint density at radius 3 is 1.40 bits per heavy atom. The van der Waals surface area contributed by atoms with E-state index in [-0.39, 0.29) is 0 Å². The van der Waals surface area contributed by atoms with E-state index in [1.54, 1.807) is 0 Å². The summed E-state index contributed by atoms with van der Waals surface area (Å²) in [7, 11) is 0. The zero-order valence-electron chi connectivity index (χ0n) is 47.4. The van der Waals surface area contributed by atoms with Gasteiger partial charge in [-0.25, -0.2) is 0 Å². The van der Waals surface area contributed by atoms with Crippen LogP contribution >= 0.6 is 0 Å². The maximum atomic E-state index is 9.67. The summed E-state index contributed by atoms with van der Waals surface area (Å²) in [5, 5.41) is -4.09. The van der Waals surface area contributed by atoms with Gasteiger partial charge < -0.3 is 4.42 Å². The molecule has 0 spiro atoms. The minimum atomic E-state index is -1.03. The fourth-order valence-electron chi connectivity index (χ4n) is 5.05. The fraction of sp³-hybridized carbons (Fsp3) is 0. The van der Waals surface area contributed by atoms with Gasteiger partial charge in [-0.1, -0.05) is 145 Å². The van der Waals surface area contributed by atoms with Crippen molar-refractivity contribution in [3.63, 3.8) is 0 Å². The molecule has 0 aliphatic heterocycles. The van der Waals surface area contributed by atoms with Crippen LogP contribution in [-0.4, -0.2) is 0 Å². The molecule has 0 aliphatic carbocycles. The molecule has 9 aromatic rings. The first-order chi connectivity index (χ1) is 32.2. The van der Waals surface area contributed by atoms with E-state index >= 15 is 0 Å². The van der Waals surface area contributed by atoms with Crippen molar-refractivity contribution in [2.24, 2.45) is 0 Å². The highest BCUT2D eigenvalue weighted by molar-refractivity contribution is 6.25. The third-order valence-electron chi connectivity index (χ3n) is 6.92. The van der Waals surface area contributed by atoms with E-state index in [0.717, 1.165) is 0 Å². The molecular weight excluding hydrogens is 520 g/mol. The summed E-state index contributed by atoms with van der Waals surface area (Å²) in [5.74, 6) is 0. The zero-order valence-corrected chi connectivity index (χ0v) is 21.4. The summed E-state index contributed by atoms with van der Waals surface area (Å²) in [6.45, 7) is 0. The van der Waals surface area contributed by atoms with E-state index in [1.807, 2.05) is 0 Å². The highest BCUT2D eigenvalue weighted by Gasteiger charge is 2.16. The van der Waals surface area contributed by atoms with Crippen molar-refractivity contribution < 1.29 is 40.1 Å². The van der Waals surface area contributed by atoms with Crippen LogP contribution < -0.4 is 0 Å². The molecule has 0 saturated heterocycles. The summed E-state index contributed by atoms with van der Waals surface area (Å²) < 4.78 is 236. The summed E-state index contributed by atoms with van der Waals surface area (Å²) in [4.78, 5) is 0. The van der Waals surface area contributed by atoms with Crippen molar-refractivity contribution in [2.75, 3.05) is 0 Å². The van der Waals surface area contributed by atoms with Crippen molar-refractivity contribution in [3.05, 3.63) is 157 Å². The number of rotatable bonds is 3. The van der Waals surface area contributed by atoms with E-state index in [1.165, 1.54) is 0 Å². The number of fused-ring (bicyclic) bond motifs is 9. The van der Waals surface area contributed by atoms with Crippen molar-refractivity contribution in [3.8, 4) is 33.4 Å². The molecule has 1 aromatic heterocycles. The van der Waals surface area contributed by atoms with Gasteiger partial charge >= 0.3 is 0 Å². The van der Waals surface area contributed by atoms with Gasteiger partial charge in [-0.05, 0) is 66.7 Å². The van der Waals surface area contributed by atoms with E-state index in [2.05, 4.69) is 0 Å². The number of benzene rings is 8. The molecule has 0 unspecified atom stereocenters. The Hall–Kier alpha value is -5.66. The van der Waals surface area contributed by atoms with Crippen LogP contribution in [0.2, 0.25) is 0 Å². The van der Waals surface area contributed by atoms with Gasteiger partial charge in [0.2, 0.25) is 0 Å². The van der Waals surface area contributed by atoms with E-state index in [4.69, 9.17) is 34.6 Å². The highest BCUT2D eigenvalue weighted by Crippen LogP contribution is 2.41. The van der Waals surface area contributed by atoms with Crippen LogP contribution in [-0.2, 0) is 0 Å². The lowest BCUT2D eigenvalue weighted by molar-refractivity contribution is 0.671. The van der Waals surface area contributed by atoms with Gasteiger partial charge in [-0.15, -0.1) is 0 Å². The second-order valence-electron chi connectivity index (χ2n) is 9.26. The van der Waals surface area contributed by atoms with Crippen molar-refractivity contribution in [1.29, 1.82) is 0 Å². The molecule has 1 nitrogen and oxygen atoms in total. The van der Waals surface area contributed by atoms with Gasteiger partial charge in [0.1, 0.15) is 11.2 Å². The molecule has 0 N–H and O–H groups in total. The number of hydrogen-bond donors (Lipinski definition) is 0. The average Bonchev–Trinajstić information content (AvgIpc) is 3.71. The first kappa shape index (κ1) is 9.69. The van der Waals surface area contributed by atoms with Crippen LogP contribution in [0.1, 0.15) is 35.6 Å². The van der Waals surface area contributed by atoms with E-state index in [9.17, 15) is 5.48 Å². The molecule has 0 saturated carbocycles. The molecule has 0 aliphatic rings. The van der Waals surface area contributed by atoms with Gasteiger partial charge in [0, 0.05) is 21.9 Å². The van der Waals surface area contributed by atoms with Crippen LogP contribution in [0.3, 0.4) is 0 Å². The first-order valence-electron chi connectivity index (χ1n) is 25.7. The van der Waals surface area contributed by atoms with Gasteiger partial charge in [0.15, 0.2) is 0 Å². The largest absolute Gasteiger partial charge is 0.455 e. The predicted octanol–water partition coefficient (Wildman–Crippen LogP) is 12.0. The van der Waals surface area contributed by atoms with Crippen molar-refractivity contribution in [1.82, 2.24) is 0 Å². The van der Waals surface area contributed by atoms with Crippen LogP contribution in [0.5, 0.6) is 0 Å². The number of hydrogen-bond acceptors (Lipinski definition) is 1. The Bertz CT molecular complexity index is 3890. The summed E-state index contributed by atoms with van der Waals surface area (Å²) in [6, 6.07) is -22.8. The quantitative estimate of drug-likeness (QED) is 0.192. The molecule has 0 fully saturated rings. The van der Waals surface area contributed by atoms with Gasteiger partial charge in [-0.3, -0.25) is 0 Å². The van der Waals surface area contributed by atoms with Gasteiger partial charge in [0.25, 0.3) is 0 Å². The van der Waals surface area contributed by atoms with Crippen molar-refractivity contribution >= 4 is 54.3 Å². The van der Waals surface area contributed by atoms with Gasteiger partial charge in [0.05, 0.1) is 35.6 Å². The predicted molar refractivity (Wildman–Crippen MR) is 183 cm³/mol. The summed E-state index contributed by atoms with van der Waals surface area (Å²) in [6.07, 6.45) is 0. The topological polar surface area (TPSA) is 13.1 Å². The summed E-state index contributed by atoms with van der Waals surface area (Å²) >= 11 is 0. The lowest BCUT2D eigenvalue weighted by Gasteiger charge is -2.12. The minimum Gasteiger partial charge on any atom is -0.455 e. The van der Waals surface area contributed by atoms with Crippen molar-refractivity contribution in [2.45, 2.75) is 0 Å². The third-order valence-corrected chi connectivity index (χ3v) is 6.92. The Labute approximate surface area is 285 Å². The normalized spacial score (nSPS) is 20.2. The number of furan rings is 1. The Morgan fingerprint density at radius 2 is 0.744 bits per heavy atom. The van der Waals surface area contributed by atoms with Crippen LogP contribution in [0.25, 0.3) is 87.6 Å². The molecular formula is C42H26O. The Morgan fingerprint density at radius 1 is 0.302 bits per heavy atom. The van der Waals surface area contributed by atoms with E-state index < -0.39 is 245 Å². The van der Waals surface area contributed by atoms with E-state index in [0.29, 0.717) is 0 Å². The molecule has 0 atom stereocenters. The fourth-order valence-corrected chi connectivity index (χ4v) is 5.05. The molecule has 8 aromatic carbocycles. The smallest absolute Gasteiger partial charge is 0.143 e. The molecule has 1 heteroatoms. The Kier molecular flexibility index (Phi) is 2.13. The standard InChI is InChI=1S/C42H26O/c1-2-11-27(12-3-1)31-19-9-21-38-39-22-10-20-32(42(39)43-41(31)38)30-14-8-13-28(25-30)29-23-24-37-35-17-5-4-15-33(35)34-16-6-7-18-36(34)40(37)26-29/h1-26H/i1D,2D,3D,4D,5D,6D,7D,8D,9D,10D,11D,12D,13D,14D,15D,16D,17D,18D,19D,20D,21D,22D,23D,24D,25D,26D. The molecule has 0 bridgehead atoms. The highest BCUT2D eigenvalue weighted by atomic mass is 16.3. The summed E-state index contributed by atoms with van der Waals surface area (Å²) in [5.41, 5.74) is -5.79. The van der Waals surface area contributed by atoms with Crippen LogP contribution in [0.4, 0.5) is 0 Å². The molecule has 0 radical (unpaired) electrons. The minimum absolute atomic E-state index is 0.449. The lowest BCUT2D eigenvalue weighted by Crippen LogP contribution is -1.86. The second-order valence-corrected chi connectivity index (χ2v) is 9.26. The number of para-hydroxylation sites is 2.